The molecule has 1 aromatic carbocycles. The fourth-order valence-electron chi connectivity index (χ4n) is 4.51. The summed E-state index contributed by atoms with van der Waals surface area (Å²) in [5.74, 6) is -0.130. The zero-order valence-electron chi connectivity index (χ0n) is 17.0. The first-order chi connectivity index (χ1) is 14.4. The summed E-state index contributed by atoms with van der Waals surface area (Å²) in [4.78, 5) is 26.9. The van der Waals surface area contributed by atoms with Gasteiger partial charge >= 0.3 is 5.97 Å². The second-order valence-electron chi connectivity index (χ2n) is 8.39. The van der Waals surface area contributed by atoms with Crippen LogP contribution in [-0.2, 0) is 6.42 Å². The van der Waals surface area contributed by atoms with Crippen LogP contribution in [0, 0.1) is 5.92 Å². The normalized spacial score (nSPS) is 20.9. The van der Waals surface area contributed by atoms with Crippen molar-refractivity contribution in [3.8, 4) is 16.2 Å². The number of nitrogens with two attached hydrogens (primary N) is 1. The van der Waals surface area contributed by atoms with Gasteiger partial charge in [-0.05, 0) is 55.4 Å². The molecule has 1 fully saturated rings. The van der Waals surface area contributed by atoms with E-state index in [1.54, 1.807) is 24.5 Å². The first-order valence-corrected chi connectivity index (χ1v) is 11.1. The first kappa shape index (κ1) is 19.3. The van der Waals surface area contributed by atoms with Gasteiger partial charge in [-0.25, -0.2) is 4.79 Å². The summed E-state index contributed by atoms with van der Waals surface area (Å²) in [6.45, 7) is 2.19. The predicted octanol–water partition coefficient (Wildman–Crippen LogP) is 4.35. The van der Waals surface area contributed by atoms with Crippen molar-refractivity contribution in [2.24, 2.45) is 11.7 Å². The van der Waals surface area contributed by atoms with E-state index in [4.69, 9.17) is 10.5 Å². The summed E-state index contributed by atoms with van der Waals surface area (Å²) in [7, 11) is 1.60. The number of carboxylic acids is 1. The summed E-state index contributed by atoms with van der Waals surface area (Å²) in [5, 5.41) is 9.88. The Morgan fingerprint density at radius 1 is 1.30 bits per heavy atom. The molecule has 2 aromatic heterocycles. The minimum absolute atomic E-state index is 0.0352. The molecule has 0 aliphatic heterocycles. The number of aromatic nitrogens is 1. The molecule has 1 saturated carbocycles. The van der Waals surface area contributed by atoms with Gasteiger partial charge in [-0.3, -0.25) is 4.79 Å². The number of benzene rings is 1. The summed E-state index contributed by atoms with van der Waals surface area (Å²) in [6, 6.07) is 6.00. The van der Waals surface area contributed by atoms with Crippen LogP contribution in [0.1, 0.15) is 59.1 Å². The maximum Gasteiger partial charge on any atom is 0.341 e. The van der Waals surface area contributed by atoms with Gasteiger partial charge in [0.1, 0.15) is 5.56 Å². The zero-order valence-corrected chi connectivity index (χ0v) is 17.8. The lowest BCUT2D eigenvalue weighted by Crippen LogP contribution is -2.23. The number of nitrogens with zero attached hydrogens (tertiary/aromatic N) is 1. The number of methoxy groups -OCH3 is 1. The number of rotatable bonds is 4. The molecule has 156 valence electrons. The lowest BCUT2D eigenvalue weighted by atomic mass is 9.85. The van der Waals surface area contributed by atoms with E-state index < -0.39 is 11.4 Å². The highest BCUT2D eigenvalue weighted by Crippen LogP contribution is 2.46. The van der Waals surface area contributed by atoms with E-state index in [-0.39, 0.29) is 17.6 Å². The van der Waals surface area contributed by atoms with E-state index in [1.165, 1.54) is 16.6 Å². The van der Waals surface area contributed by atoms with Gasteiger partial charge in [0.05, 0.1) is 18.0 Å². The summed E-state index contributed by atoms with van der Waals surface area (Å²) < 4.78 is 7.76. The number of aryl methyl sites for hydroxylation is 1. The second-order valence-corrected chi connectivity index (χ2v) is 9.53. The van der Waals surface area contributed by atoms with E-state index in [2.05, 4.69) is 13.0 Å². The van der Waals surface area contributed by atoms with Gasteiger partial charge in [-0.15, -0.1) is 11.3 Å². The average molecular weight is 425 g/mol. The summed E-state index contributed by atoms with van der Waals surface area (Å²) in [6.07, 6.45) is 5.52. The van der Waals surface area contributed by atoms with Gasteiger partial charge in [0, 0.05) is 33.6 Å². The Morgan fingerprint density at radius 3 is 2.73 bits per heavy atom. The Kier molecular flexibility index (Phi) is 4.48. The largest absolute Gasteiger partial charge is 0.494 e. The number of hydrogen-bond donors (Lipinski definition) is 2. The SMILES string of the molecule is COc1c(-c2cc3c(s2)CCC(C)C3N)ccc2c(=O)c(C(=O)O)cn(C3CC3)c12. The third-order valence-corrected chi connectivity index (χ3v) is 7.67. The molecule has 0 amide bonds. The Labute approximate surface area is 177 Å². The third kappa shape index (κ3) is 2.87. The highest BCUT2D eigenvalue weighted by atomic mass is 32.1. The summed E-state index contributed by atoms with van der Waals surface area (Å²) >= 11 is 1.73. The molecule has 2 heterocycles. The number of thiophene rings is 1. The van der Waals surface area contributed by atoms with Crippen LogP contribution in [0.2, 0.25) is 0 Å². The van der Waals surface area contributed by atoms with Gasteiger partial charge in [-0.2, -0.15) is 0 Å². The van der Waals surface area contributed by atoms with Crippen LogP contribution >= 0.6 is 11.3 Å². The fraction of sp³-hybridized carbons (Fsp3) is 0.391. The van der Waals surface area contributed by atoms with Crippen LogP contribution in [0.5, 0.6) is 5.75 Å². The van der Waals surface area contributed by atoms with E-state index in [9.17, 15) is 14.7 Å². The molecule has 3 N–H and O–H groups in total. The van der Waals surface area contributed by atoms with Crippen molar-refractivity contribution in [1.82, 2.24) is 4.57 Å². The molecular weight excluding hydrogens is 400 g/mol. The van der Waals surface area contributed by atoms with Gasteiger partial charge in [0.15, 0.2) is 5.75 Å². The number of aromatic carboxylic acids is 1. The lowest BCUT2D eigenvalue weighted by molar-refractivity contribution is 0.0695. The number of ether oxygens (including phenoxy) is 1. The molecule has 0 radical (unpaired) electrons. The van der Waals surface area contributed by atoms with Crippen molar-refractivity contribution in [2.45, 2.75) is 44.7 Å². The van der Waals surface area contributed by atoms with E-state index in [0.717, 1.165) is 36.1 Å². The first-order valence-electron chi connectivity index (χ1n) is 10.3. The fourth-order valence-corrected chi connectivity index (χ4v) is 5.76. The standard InChI is InChI=1S/C23H24N2O4S/c1-11-3-8-17-15(19(11)24)9-18(30-17)13-6-7-14-20(22(13)29-2)25(12-4-5-12)10-16(21(14)26)23(27)28/h6-7,9-12,19H,3-5,8,24H2,1-2H3,(H,27,28). The highest BCUT2D eigenvalue weighted by molar-refractivity contribution is 7.15. The Bertz CT molecular complexity index is 1240. The Hall–Kier alpha value is -2.64. The molecular formula is C23H24N2O4S. The molecule has 2 aliphatic rings. The van der Waals surface area contributed by atoms with Crippen LogP contribution in [-0.4, -0.2) is 22.8 Å². The average Bonchev–Trinajstić information content (AvgIpc) is 3.48. The molecule has 3 aromatic rings. The number of pyridine rings is 1. The van der Waals surface area contributed by atoms with E-state index in [1.807, 2.05) is 10.6 Å². The van der Waals surface area contributed by atoms with Crippen LogP contribution in [0.3, 0.4) is 0 Å². The zero-order chi connectivity index (χ0) is 21.2. The smallest absolute Gasteiger partial charge is 0.341 e. The van der Waals surface area contributed by atoms with Crippen molar-refractivity contribution in [3.05, 3.63) is 50.6 Å². The molecule has 2 unspecified atom stereocenters. The molecule has 0 saturated heterocycles. The molecule has 0 bridgehead atoms. The third-order valence-electron chi connectivity index (χ3n) is 6.43. The summed E-state index contributed by atoms with van der Waals surface area (Å²) in [5.41, 5.74) is 8.58. The van der Waals surface area contributed by atoms with Crippen LogP contribution in [0.4, 0.5) is 0 Å². The minimum atomic E-state index is -1.20. The second kappa shape index (κ2) is 6.96. The van der Waals surface area contributed by atoms with Crippen LogP contribution in [0.25, 0.3) is 21.3 Å². The molecule has 2 aliphatic carbocycles. The topological polar surface area (TPSA) is 94.6 Å². The Morgan fingerprint density at radius 2 is 2.07 bits per heavy atom. The maximum absolute atomic E-state index is 12.9. The van der Waals surface area contributed by atoms with Gasteiger partial charge in [0.25, 0.3) is 0 Å². The minimum Gasteiger partial charge on any atom is -0.494 e. The quantitative estimate of drug-likeness (QED) is 0.649. The van der Waals surface area contributed by atoms with Gasteiger partial charge in [0.2, 0.25) is 5.43 Å². The molecule has 7 heteroatoms. The van der Waals surface area contributed by atoms with Crippen molar-refractivity contribution in [3.63, 3.8) is 0 Å². The molecule has 5 rings (SSSR count). The van der Waals surface area contributed by atoms with E-state index in [0.29, 0.717) is 22.6 Å². The van der Waals surface area contributed by atoms with Gasteiger partial charge in [-0.1, -0.05) is 6.92 Å². The molecule has 0 spiro atoms. The predicted molar refractivity (Wildman–Crippen MR) is 118 cm³/mol. The van der Waals surface area contributed by atoms with Crippen LogP contribution in [0.15, 0.2) is 29.2 Å². The van der Waals surface area contributed by atoms with Crippen LogP contribution < -0.4 is 15.9 Å². The molecule has 30 heavy (non-hydrogen) atoms. The lowest BCUT2D eigenvalue weighted by Gasteiger charge is -2.25. The monoisotopic (exact) mass is 424 g/mol. The molecule has 2 atom stereocenters. The number of hydrogen-bond acceptors (Lipinski definition) is 5. The number of carbonyl (C=O) groups is 1. The van der Waals surface area contributed by atoms with Gasteiger partial charge < -0.3 is 20.1 Å². The highest BCUT2D eigenvalue weighted by Gasteiger charge is 2.30. The maximum atomic E-state index is 12.9. The van der Waals surface area contributed by atoms with Crippen molar-refractivity contribution in [1.29, 1.82) is 0 Å². The number of fused-ring (bicyclic) bond motifs is 2. The van der Waals surface area contributed by atoms with Crippen molar-refractivity contribution < 1.29 is 14.6 Å². The number of carboxylic acid groups (broad SMARTS) is 1. The van der Waals surface area contributed by atoms with Crippen molar-refractivity contribution in [2.75, 3.05) is 7.11 Å². The van der Waals surface area contributed by atoms with Crippen molar-refractivity contribution >= 4 is 28.2 Å². The Balaban J connectivity index is 1.77. The molecule has 6 nitrogen and oxygen atoms in total. The van der Waals surface area contributed by atoms with E-state index >= 15 is 0 Å².